The van der Waals surface area contributed by atoms with Crippen LogP contribution in [-0.2, 0) is 6.61 Å². The van der Waals surface area contributed by atoms with Gasteiger partial charge in [0.05, 0.1) is 19.4 Å². The maximum absolute atomic E-state index is 12.6. The van der Waals surface area contributed by atoms with Gasteiger partial charge in [-0.05, 0) is 88.4 Å². The number of nitrogens with zero attached hydrogens (tertiary/aromatic N) is 2. The summed E-state index contributed by atoms with van der Waals surface area (Å²) in [5.74, 6) is 1.95. The Morgan fingerprint density at radius 2 is 1.79 bits per heavy atom. The minimum Gasteiger partial charge on any atom is -0.493 e. The van der Waals surface area contributed by atoms with Crippen molar-refractivity contribution in [3.05, 3.63) is 93.6 Å². The Kier molecular flexibility index (Phi) is 8.58. The Morgan fingerprint density at radius 3 is 2.45 bits per heavy atom. The number of ether oxygens (including phenoxy) is 3. The van der Waals surface area contributed by atoms with E-state index in [0.29, 0.717) is 28.6 Å². The van der Waals surface area contributed by atoms with Gasteiger partial charge in [-0.25, -0.2) is 5.43 Å². The van der Waals surface area contributed by atoms with E-state index in [9.17, 15) is 4.79 Å². The summed E-state index contributed by atoms with van der Waals surface area (Å²) in [7, 11) is 1.57. The second-order valence-corrected chi connectivity index (χ2v) is 9.81. The van der Waals surface area contributed by atoms with Crippen molar-refractivity contribution in [2.75, 3.05) is 7.11 Å². The number of methoxy groups -OCH3 is 1. The number of hydrazone groups is 1. The topological polar surface area (TPSA) is 87.2 Å². The van der Waals surface area contributed by atoms with E-state index in [2.05, 4.69) is 57.0 Å². The third-order valence-electron chi connectivity index (χ3n) is 5.62. The molecule has 0 unspecified atom stereocenters. The van der Waals surface area contributed by atoms with Crippen LogP contribution in [-0.4, -0.2) is 29.9 Å². The Bertz CT molecular complexity index is 1420. The monoisotopic (exact) mass is 579 g/mol. The van der Waals surface area contributed by atoms with Crippen molar-refractivity contribution in [3.63, 3.8) is 0 Å². The number of nitrogens with one attached hydrogen (secondary N) is 1. The zero-order valence-electron chi connectivity index (χ0n) is 21.9. The minimum absolute atomic E-state index is 0.0682. The number of benzene rings is 2. The predicted molar refractivity (Wildman–Crippen MR) is 150 cm³/mol. The first-order valence-electron chi connectivity index (χ1n) is 12.1. The quantitative estimate of drug-likeness (QED) is 0.169. The molecule has 0 radical (unpaired) electrons. The van der Waals surface area contributed by atoms with Crippen LogP contribution in [0.4, 0.5) is 0 Å². The van der Waals surface area contributed by atoms with Crippen molar-refractivity contribution in [2.45, 2.75) is 40.4 Å². The van der Waals surface area contributed by atoms with Gasteiger partial charge in [0.1, 0.15) is 18.1 Å². The molecular weight excluding hydrogens is 550 g/mol. The van der Waals surface area contributed by atoms with Gasteiger partial charge in [-0.1, -0.05) is 15.9 Å². The highest BCUT2D eigenvalue weighted by Gasteiger charge is 2.14. The molecular formula is C29H30BrN3O5. The maximum Gasteiger partial charge on any atom is 0.307 e. The van der Waals surface area contributed by atoms with E-state index in [4.69, 9.17) is 18.6 Å². The van der Waals surface area contributed by atoms with Gasteiger partial charge in [0.2, 0.25) is 0 Å². The van der Waals surface area contributed by atoms with E-state index >= 15 is 0 Å². The fourth-order valence-electron chi connectivity index (χ4n) is 3.91. The third-order valence-corrected chi connectivity index (χ3v) is 6.08. The summed E-state index contributed by atoms with van der Waals surface area (Å²) < 4.78 is 25.8. The van der Waals surface area contributed by atoms with Gasteiger partial charge in [-0.15, -0.1) is 0 Å². The van der Waals surface area contributed by atoms with E-state index in [1.54, 1.807) is 25.3 Å². The lowest BCUT2D eigenvalue weighted by Gasteiger charge is -2.16. The molecule has 0 saturated heterocycles. The summed E-state index contributed by atoms with van der Waals surface area (Å²) in [6, 6.07) is 18.9. The van der Waals surface area contributed by atoms with Crippen LogP contribution >= 0.6 is 15.9 Å². The zero-order valence-corrected chi connectivity index (χ0v) is 23.5. The van der Waals surface area contributed by atoms with Gasteiger partial charge in [0.25, 0.3) is 0 Å². The molecule has 0 bridgehead atoms. The normalized spacial score (nSPS) is 11.2. The van der Waals surface area contributed by atoms with E-state index < -0.39 is 5.91 Å². The third kappa shape index (κ3) is 6.47. The molecule has 8 nitrogen and oxygen atoms in total. The lowest BCUT2D eigenvalue weighted by atomic mass is 10.2. The number of halogens is 1. The number of hydrogen-bond donors (Lipinski definition) is 1. The fraction of sp³-hybridized carbons (Fsp3) is 0.241. The smallest absolute Gasteiger partial charge is 0.307 e. The molecule has 38 heavy (non-hydrogen) atoms. The number of carbonyl (C=O) groups excluding carboxylic acids is 1. The molecule has 9 heteroatoms. The van der Waals surface area contributed by atoms with Gasteiger partial charge in [0.15, 0.2) is 17.3 Å². The molecule has 0 aliphatic carbocycles. The molecule has 0 aliphatic rings. The Morgan fingerprint density at radius 1 is 1.08 bits per heavy atom. The first-order chi connectivity index (χ1) is 18.2. The van der Waals surface area contributed by atoms with Crippen molar-refractivity contribution >= 4 is 28.1 Å². The van der Waals surface area contributed by atoms with Crippen molar-refractivity contribution in [2.24, 2.45) is 5.10 Å². The van der Waals surface area contributed by atoms with Crippen LogP contribution in [0.25, 0.3) is 5.69 Å². The fourth-order valence-corrected chi connectivity index (χ4v) is 4.37. The lowest BCUT2D eigenvalue weighted by molar-refractivity contribution is 0.0923. The number of furan rings is 1. The van der Waals surface area contributed by atoms with Crippen molar-refractivity contribution < 1.29 is 23.4 Å². The summed E-state index contributed by atoms with van der Waals surface area (Å²) in [6.07, 6.45) is 1.43. The maximum atomic E-state index is 12.6. The van der Waals surface area contributed by atoms with Gasteiger partial charge in [-0.3, -0.25) is 4.79 Å². The molecule has 0 spiro atoms. The van der Waals surface area contributed by atoms with Crippen LogP contribution in [0, 0.1) is 13.8 Å². The first-order valence-corrected chi connectivity index (χ1v) is 12.9. The van der Waals surface area contributed by atoms with Gasteiger partial charge >= 0.3 is 5.91 Å². The highest BCUT2D eigenvalue weighted by atomic mass is 79.9. The molecule has 198 valence electrons. The SMILES string of the molecule is COc1cc(Br)cc(C=NNC(=O)c2ccc(COc3ccc(-n4c(C)ccc4C)cc3)o2)c1OC(C)C. The number of rotatable bonds is 10. The van der Waals surface area contributed by atoms with Crippen LogP contribution < -0.4 is 19.6 Å². The highest BCUT2D eigenvalue weighted by molar-refractivity contribution is 9.10. The summed E-state index contributed by atoms with van der Waals surface area (Å²) in [4.78, 5) is 12.6. The number of aromatic nitrogens is 1. The van der Waals surface area contributed by atoms with Crippen LogP contribution in [0.5, 0.6) is 17.2 Å². The molecule has 0 aliphatic heterocycles. The van der Waals surface area contributed by atoms with E-state index in [1.807, 2.05) is 44.2 Å². The first kappa shape index (κ1) is 27.1. The molecule has 2 heterocycles. The molecule has 4 aromatic rings. The summed E-state index contributed by atoms with van der Waals surface area (Å²) in [5.41, 5.74) is 6.53. The number of amides is 1. The molecule has 1 amide bonds. The molecule has 0 saturated carbocycles. The number of aryl methyl sites for hydroxylation is 2. The summed E-state index contributed by atoms with van der Waals surface area (Å²) in [6.45, 7) is 8.17. The molecule has 0 fully saturated rings. The van der Waals surface area contributed by atoms with E-state index in [0.717, 1.165) is 10.2 Å². The molecule has 4 rings (SSSR count). The molecule has 2 aromatic carbocycles. The van der Waals surface area contributed by atoms with Gasteiger partial charge < -0.3 is 23.2 Å². The summed E-state index contributed by atoms with van der Waals surface area (Å²) >= 11 is 3.45. The van der Waals surface area contributed by atoms with Gasteiger partial charge in [0, 0.05) is 27.1 Å². The van der Waals surface area contributed by atoms with Crippen LogP contribution in [0.2, 0.25) is 0 Å². The zero-order chi connectivity index (χ0) is 27.2. The molecule has 2 aromatic heterocycles. The second kappa shape index (κ2) is 12.0. The Hall–Kier alpha value is -3.98. The van der Waals surface area contributed by atoms with Crippen molar-refractivity contribution in [1.82, 2.24) is 9.99 Å². The highest BCUT2D eigenvalue weighted by Crippen LogP contribution is 2.34. The largest absolute Gasteiger partial charge is 0.493 e. The Balaban J connectivity index is 1.36. The molecule has 0 atom stereocenters. The van der Waals surface area contributed by atoms with Crippen LogP contribution in [0.3, 0.4) is 0 Å². The average molecular weight is 580 g/mol. The standard InChI is InChI=1S/C29H30BrN3O5/c1-18(2)37-28-21(14-22(30)15-27(28)35-5)16-31-32-29(34)26-13-12-25(38-26)17-36-24-10-8-23(9-11-24)33-19(3)6-7-20(33)4/h6-16,18H,17H2,1-5H3,(H,32,34). The van der Waals surface area contributed by atoms with E-state index in [-0.39, 0.29) is 18.5 Å². The number of hydrogen-bond acceptors (Lipinski definition) is 6. The Labute approximate surface area is 230 Å². The van der Waals surface area contributed by atoms with Gasteiger partial charge in [-0.2, -0.15) is 5.10 Å². The lowest BCUT2D eigenvalue weighted by Crippen LogP contribution is -2.17. The predicted octanol–water partition coefficient (Wildman–Crippen LogP) is 6.59. The van der Waals surface area contributed by atoms with E-state index in [1.165, 1.54) is 17.6 Å². The van der Waals surface area contributed by atoms with Crippen molar-refractivity contribution in [3.8, 4) is 22.9 Å². The second-order valence-electron chi connectivity index (χ2n) is 8.89. The number of carbonyl (C=O) groups is 1. The summed E-state index contributed by atoms with van der Waals surface area (Å²) in [5, 5.41) is 4.07. The van der Waals surface area contributed by atoms with Crippen molar-refractivity contribution in [1.29, 1.82) is 0 Å². The van der Waals surface area contributed by atoms with Crippen LogP contribution in [0.1, 0.15) is 47.1 Å². The average Bonchev–Trinajstić information content (AvgIpc) is 3.50. The molecule has 1 N–H and O–H groups in total. The minimum atomic E-state index is -0.484. The van der Waals surface area contributed by atoms with Crippen LogP contribution in [0.15, 0.2) is 74.7 Å².